The summed E-state index contributed by atoms with van der Waals surface area (Å²) in [4.78, 5) is 12.1. The maximum Gasteiger partial charge on any atom is 0.226 e. The van der Waals surface area contributed by atoms with E-state index in [0.29, 0.717) is 19.4 Å². The second-order valence-electron chi connectivity index (χ2n) is 5.90. The third-order valence-electron chi connectivity index (χ3n) is 3.92. The minimum Gasteiger partial charge on any atom is -0.388 e. The molecule has 0 bridgehead atoms. The van der Waals surface area contributed by atoms with Crippen molar-refractivity contribution in [2.75, 3.05) is 6.54 Å². The van der Waals surface area contributed by atoms with Crippen LogP contribution in [0.1, 0.15) is 45.2 Å². The quantitative estimate of drug-likeness (QED) is 0.701. The molecule has 1 aromatic heterocycles. The maximum atomic E-state index is 12.1. The molecule has 5 nitrogen and oxygen atoms in total. The lowest BCUT2D eigenvalue weighted by Crippen LogP contribution is -2.43. The number of benzene rings is 1. The van der Waals surface area contributed by atoms with E-state index in [2.05, 4.69) is 15.5 Å². The van der Waals surface area contributed by atoms with Crippen molar-refractivity contribution < 1.29 is 9.90 Å². The molecule has 0 unspecified atom stereocenters. The van der Waals surface area contributed by atoms with E-state index in [9.17, 15) is 9.90 Å². The van der Waals surface area contributed by atoms with Crippen LogP contribution in [0.25, 0.3) is 10.9 Å². The van der Waals surface area contributed by atoms with Gasteiger partial charge in [-0.25, -0.2) is 0 Å². The molecule has 1 heterocycles. The molecule has 120 valence electrons. The molecular formula is C17H25N3O2. The Labute approximate surface area is 131 Å². The summed E-state index contributed by atoms with van der Waals surface area (Å²) in [6, 6.07) is 7.71. The number of aromatic amines is 1. The van der Waals surface area contributed by atoms with Gasteiger partial charge in [-0.1, -0.05) is 44.9 Å². The summed E-state index contributed by atoms with van der Waals surface area (Å²) in [6.45, 7) is 4.39. The van der Waals surface area contributed by atoms with E-state index in [1.807, 2.05) is 38.1 Å². The van der Waals surface area contributed by atoms with Crippen LogP contribution in [0.3, 0.4) is 0 Å². The van der Waals surface area contributed by atoms with E-state index in [1.165, 1.54) is 0 Å². The van der Waals surface area contributed by atoms with Crippen LogP contribution in [0.2, 0.25) is 0 Å². The Balaban J connectivity index is 1.95. The van der Waals surface area contributed by atoms with Crippen molar-refractivity contribution in [3.8, 4) is 0 Å². The van der Waals surface area contributed by atoms with Crippen molar-refractivity contribution in [1.82, 2.24) is 15.5 Å². The Morgan fingerprint density at radius 2 is 1.95 bits per heavy atom. The normalized spacial score (nSPS) is 11.8. The molecule has 0 aliphatic carbocycles. The van der Waals surface area contributed by atoms with Crippen molar-refractivity contribution in [3.63, 3.8) is 0 Å². The summed E-state index contributed by atoms with van der Waals surface area (Å²) in [5.74, 6) is -0.0972. The standard InChI is InChI=1S/C17H25N3O2/c1-3-9-17(22,10-4-2)12-18-16(21)11-15-13-7-5-6-8-14(13)19-20-15/h5-8,22H,3-4,9-12H2,1-2H3,(H,18,21)(H,19,20). The third-order valence-corrected chi connectivity index (χ3v) is 3.92. The molecule has 0 aliphatic rings. The van der Waals surface area contributed by atoms with Gasteiger partial charge in [0, 0.05) is 11.9 Å². The first-order valence-corrected chi connectivity index (χ1v) is 7.99. The number of aliphatic hydroxyl groups is 1. The molecule has 2 aromatic rings. The number of hydrogen-bond acceptors (Lipinski definition) is 3. The lowest BCUT2D eigenvalue weighted by molar-refractivity contribution is -0.121. The van der Waals surface area contributed by atoms with Gasteiger partial charge in [-0.15, -0.1) is 0 Å². The summed E-state index contributed by atoms with van der Waals surface area (Å²) in [5, 5.41) is 21.5. The lowest BCUT2D eigenvalue weighted by atomic mass is 9.92. The highest BCUT2D eigenvalue weighted by atomic mass is 16.3. The Hall–Kier alpha value is -1.88. The summed E-state index contributed by atoms with van der Waals surface area (Å²) < 4.78 is 0. The fraction of sp³-hybridized carbons (Fsp3) is 0.529. The second kappa shape index (κ2) is 7.40. The minimum absolute atomic E-state index is 0.0972. The van der Waals surface area contributed by atoms with Gasteiger partial charge in [0.15, 0.2) is 0 Å². The second-order valence-corrected chi connectivity index (χ2v) is 5.90. The van der Waals surface area contributed by atoms with Gasteiger partial charge in [0.2, 0.25) is 5.91 Å². The predicted octanol–water partition coefficient (Wildman–Crippen LogP) is 2.55. The van der Waals surface area contributed by atoms with E-state index < -0.39 is 5.60 Å². The van der Waals surface area contributed by atoms with E-state index in [-0.39, 0.29) is 12.3 Å². The summed E-state index contributed by atoms with van der Waals surface area (Å²) >= 11 is 0. The molecular weight excluding hydrogens is 278 g/mol. The van der Waals surface area contributed by atoms with Gasteiger partial charge in [0.1, 0.15) is 0 Å². The molecule has 0 aliphatic heterocycles. The summed E-state index contributed by atoms with van der Waals surface area (Å²) in [7, 11) is 0. The van der Waals surface area contributed by atoms with E-state index >= 15 is 0 Å². The van der Waals surface area contributed by atoms with Gasteiger partial charge < -0.3 is 10.4 Å². The Bertz CT molecular complexity index is 615. The van der Waals surface area contributed by atoms with Crippen LogP contribution in [0.4, 0.5) is 0 Å². The zero-order valence-corrected chi connectivity index (χ0v) is 13.4. The molecule has 0 saturated carbocycles. The number of rotatable bonds is 8. The molecule has 0 spiro atoms. The first kappa shape index (κ1) is 16.5. The largest absolute Gasteiger partial charge is 0.388 e. The monoisotopic (exact) mass is 303 g/mol. The summed E-state index contributed by atoms with van der Waals surface area (Å²) in [6.07, 6.45) is 3.45. The number of amides is 1. The van der Waals surface area contributed by atoms with Gasteiger partial charge in [-0.05, 0) is 18.9 Å². The third kappa shape index (κ3) is 4.07. The van der Waals surface area contributed by atoms with Crippen LogP contribution in [-0.2, 0) is 11.2 Å². The van der Waals surface area contributed by atoms with Crippen LogP contribution in [0, 0.1) is 0 Å². The van der Waals surface area contributed by atoms with Crippen LogP contribution in [0.15, 0.2) is 24.3 Å². The zero-order valence-electron chi connectivity index (χ0n) is 13.4. The molecule has 1 amide bonds. The van der Waals surface area contributed by atoms with Gasteiger partial charge in [0.25, 0.3) is 0 Å². The number of fused-ring (bicyclic) bond motifs is 1. The number of carbonyl (C=O) groups excluding carboxylic acids is 1. The average Bonchev–Trinajstić information content (AvgIpc) is 2.89. The molecule has 0 radical (unpaired) electrons. The number of hydrogen-bond donors (Lipinski definition) is 3. The Kier molecular flexibility index (Phi) is 5.55. The van der Waals surface area contributed by atoms with Crippen molar-refractivity contribution >= 4 is 16.8 Å². The molecule has 5 heteroatoms. The van der Waals surface area contributed by atoms with Crippen molar-refractivity contribution in [2.24, 2.45) is 0 Å². The first-order chi connectivity index (χ1) is 10.6. The van der Waals surface area contributed by atoms with Gasteiger partial charge in [-0.3, -0.25) is 9.89 Å². The van der Waals surface area contributed by atoms with Crippen LogP contribution in [0.5, 0.6) is 0 Å². The van der Waals surface area contributed by atoms with Crippen molar-refractivity contribution in [1.29, 1.82) is 0 Å². The SMILES string of the molecule is CCCC(O)(CCC)CNC(=O)Cc1[nH]nc2ccccc12. The number of para-hydroxylation sites is 1. The zero-order chi connectivity index (χ0) is 16.0. The van der Waals surface area contributed by atoms with E-state index in [1.54, 1.807) is 0 Å². The molecule has 0 atom stereocenters. The van der Waals surface area contributed by atoms with Gasteiger partial charge in [-0.2, -0.15) is 5.10 Å². The Morgan fingerprint density at radius 3 is 2.64 bits per heavy atom. The number of H-pyrrole nitrogens is 1. The number of nitrogens with zero attached hydrogens (tertiary/aromatic N) is 1. The fourth-order valence-corrected chi connectivity index (χ4v) is 2.87. The van der Waals surface area contributed by atoms with Crippen LogP contribution in [-0.4, -0.2) is 33.4 Å². The molecule has 2 rings (SSSR count). The highest BCUT2D eigenvalue weighted by Crippen LogP contribution is 2.19. The van der Waals surface area contributed by atoms with E-state index in [4.69, 9.17) is 0 Å². The first-order valence-electron chi connectivity index (χ1n) is 7.99. The number of carbonyl (C=O) groups is 1. The Morgan fingerprint density at radius 1 is 1.27 bits per heavy atom. The maximum absolute atomic E-state index is 12.1. The van der Waals surface area contributed by atoms with Gasteiger partial charge in [0.05, 0.1) is 23.2 Å². The van der Waals surface area contributed by atoms with Crippen molar-refractivity contribution in [3.05, 3.63) is 30.0 Å². The molecule has 22 heavy (non-hydrogen) atoms. The highest BCUT2D eigenvalue weighted by molar-refractivity contribution is 5.87. The molecule has 1 aromatic carbocycles. The molecule has 0 saturated heterocycles. The average molecular weight is 303 g/mol. The van der Waals surface area contributed by atoms with E-state index in [0.717, 1.165) is 29.4 Å². The minimum atomic E-state index is -0.796. The number of aromatic nitrogens is 2. The predicted molar refractivity (Wildman–Crippen MR) is 87.6 cm³/mol. The number of nitrogens with one attached hydrogen (secondary N) is 2. The van der Waals surface area contributed by atoms with Crippen LogP contribution < -0.4 is 5.32 Å². The topological polar surface area (TPSA) is 78.0 Å². The smallest absolute Gasteiger partial charge is 0.226 e. The van der Waals surface area contributed by atoms with Crippen LogP contribution >= 0.6 is 0 Å². The van der Waals surface area contributed by atoms with Gasteiger partial charge >= 0.3 is 0 Å². The molecule has 3 N–H and O–H groups in total. The highest BCUT2D eigenvalue weighted by Gasteiger charge is 2.25. The molecule has 0 fully saturated rings. The fourth-order valence-electron chi connectivity index (χ4n) is 2.87. The van der Waals surface area contributed by atoms with Crippen molar-refractivity contribution in [2.45, 2.75) is 51.6 Å². The summed E-state index contributed by atoms with van der Waals surface area (Å²) in [5.41, 5.74) is 0.872. The lowest BCUT2D eigenvalue weighted by Gasteiger charge is -2.27.